The summed E-state index contributed by atoms with van der Waals surface area (Å²) in [5.74, 6) is 0.642. The van der Waals surface area contributed by atoms with E-state index in [9.17, 15) is 0 Å². The number of likely N-dealkylation sites (N-methyl/N-ethyl adjacent to an activating group) is 1. The molecule has 1 atom stereocenters. The van der Waals surface area contributed by atoms with Gasteiger partial charge < -0.3 is 10.6 Å². The molecule has 0 heterocycles. The monoisotopic (exact) mass is 206 g/mol. The Morgan fingerprint density at radius 3 is 2.47 bits per heavy atom. The van der Waals surface area contributed by atoms with Crippen molar-refractivity contribution in [2.45, 2.75) is 19.3 Å². The fourth-order valence-electron chi connectivity index (χ4n) is 1.71. The van der Waals surface area contributed by atoms with Crippen LogP contribution in [0.2, 0.25) is 0 Å². The maximum absolute atomic E-state index is 3.47. The van der Waals surface area contributed by atoms with Gasteiger partial charge in [-0.3, -0.25) is 0 Å². The van der Waals surface area contributed by atoms with Crippen LogP contribution in [0, 0.1) is 0 Å². The van der Waals surface area contributed by atoms with E-state index in [1.165, 1.54) is 12.0 Å². The highest BCUT2D eigenvalue weighted by molar-refractivity contribution is 5.19. The van der Waals surface area contributed by atoms with E-state index in [1.807, 2.05) is 7.05 Å². The maximum Gasteiger partial charge on any atom is 0.00768 e. The Bertz CT molecular complexity index is 246. The van der Waals surface area contributed by atoms with Gasteiger partial charge in [0.25, 0.3) is 0 Å². The zero-order valence-electron chi connectivity index (χ0n) is 9.79. The minimum absolute atomic E-state index is 0.642. The third kappa shape index (κ3) is 4.45. The molecule has 2 N–H and O–H groups in total. The van der Waals surface area contributed by atoms with Crippen LogP contribution in [0.3, 0.4) is 0 Å². The molecule has 0 radical (unpaired) electrons. The van der Waals surface area contributed by atoms with E-state index >= 15 is 0 Å². The van der Waals surface area contributed by atoms with Crippen molar-refractivity contribution in [3.05, 3.63) is 35.9 Å². The molecule has 0 saturated carbocycles. The molecule has 0 aliphatic heterocycles. The van der Waals surface area contributed by atoms with Crippen LogP contribution in [0.25, 0.3) is 0 Å². The number of benzene rings is 1. The molecular formula is C13H22N2. The molecule has 0 aliphatic rings. The lowest BCUT2D eigenvalue weighted by atomic mass is 9.96. The van der Waals surface area contributed by atoms with E-state index in [4.69, 9.17) is 0 Å². The van der Waals surface area contributed by atoms with Crippen LogP contribution >= 0.6 is 0 Å². The summed E-state index contributed by atoms with van der Waals surface area (Å²) in [7, 11) is 1.98. The van der Waals surface area contributed by atoms with Gasteiger partial charge in [0.2, 0.25) is 0 Å². The van der Waals surface area contributed by atoms with E-state index < -0.39 is 0 Å². The van der Waals surface area contributed by atoms with Crippen molar-refractivity contribution < 1.29 is 0 Å². The molecule has 15 heavy (non-hydrogen) atoms. The van der Waals surface area contributed by atoms with Gasteiger partial charge in [-0.2, -0.15) is 0 Å². The van der Waals surface area contributed by atoms with Crippen molar-refractivity contribution >= 4 is 0 Å². The van der Waals surface area contributed by atoms with Gasteiger partial charge in [0.15, 0.2) is 0 Å². The molecule has 0 bridgehead atoms. The Labute approximate surface area is 93.1 Å². The van der Waals surface area contributed by atoms with Crippen LogP contribution in [0.1, 0.15) is 24.8 Å². The lowest BCUT2D eigenvalue weighted by Crippen LogP contribution is -2.28. The number of hydrogen-bond donors (Lipinski definition) is 2. The van der Waals surface area contributed by atoms with Crippen molar-refractivity contribution in [3.8, 4) is 0 Å². The normalized spacial score (nSPS) is 12.7. The molecule has 2 nitrogen and oxygen atoms in total. The first kappa shape index (κ1) is 12.2. The molecule has 0 saturated heterocycles. The highest BCUT2D eigenvalue weighted by Crippen LogP contribution is 2.17. The quantitative estimate of drug-likeness (QED) is 0.667. The first-order valence-electron chi connectivity index (χ1n) is 5.78. The fourth-order valence-corrected chi connectivity index (χ4v) is 1.71. The largest absolute Gasteiger partial charge is 0.318 e. The van der Waals surface area contributed by atoms with Gasteiger partial charge in [-0.25, -0.2) is 0 Å². The van der Waals surface area contributed by atoms with Crippen molar-refractivity contribution in [2.75, 3.05) is 26.7 Å². The van der Waals surface area contributed by atoms with Gasteiger partial charge in [-0.15, -0.1) is 0 Å². The SMILES string of the molecule is CCC(CNCCNC)c1ccccc1. The molecular weight excluding hydrogens is 184 g/mol. The smallest absolute Gasteiger partial charge is 0.00768 e. The Morgan fingerprint density at radius 1 is 1.13 bits per heavy atom. The van der Waals surface area contributed by atoms with Crippen LogP contribution in [0.5, 0.6) is 0 Å². The summed E-state index contributed by atoms with van der Waals surface area (Å²) >= 11 is 0. The van der Waals surface area contributed by atoms with Crippen LogP contribution in [-0.4, -0.2) is 26.7 Å². The molecule has 1 aromatic carbocycles. The standard InChI is InChI=1S/C13H22N2/c1-3-12(11-15-10-9-14-2)13-7-5-4-6-8-13/h4-8,12,14-15H,3,9-11H2,1-2H3. The van der Waals surface area contributed by atoms with Gasteiger partial charge in [0, 0.05) is 19.6 Å². The van der Waals surface area contributed by atoms with Gasteiger partial charge in [0.1, 0.15) is 0 Å². The van der Waals surface area contributed by atoms with Gasteiger partial charge in [-0.05, 0) is 24.9 Å². The molecule has 1 rings (SSSR count). The average molecular weight is 206 g/mol. The lowest BCUT2D eigenvalue weighted by molar-refractivity contribution is 0.562. The van der Waals surface area contributed by atoms with Crippen molar-refractivity contribution in [1.29, 1.82) is 0 Å². The Kier molecular flexibility index (Phi) is 6.05. The number of nitrogens with one attached hydrogen (secondary N) is 2. The van der Waals surface area contributed by atoms with Gasteiger partial charge in [-0.1, -0.05) is 37.3 Å². The molecule has 0 spiro atoms. The van der Waals surface area contributed by atoms with E-state index in [0.29, 0.717) is 5.92 Å². The summed E-state index contributed by atoms with van der Waals surface area (Å²) < 4.78 is 0. The highest BCUT2D eigenvalue weighted by Gasteiger charge is 2.07. The molecule has 0 aromatic heterocycles. The van der Waals surface area contributed by atoms with E-state index in [1.54, 1.807) is 0 Å². The summed E-state index contributed by atoms with van der Waals surface area (Å²) in [5, 5.41) is 6.61. The van der Waals surface area contributed by atoms with Gasteiger partial charge >= 0.3 is 0 Å². The van der Waals surface area contributed by atoms with Crippen LogP contribution in [0.15, 0.2) is 30.3 Å². The molecule has 1 aromatic rings. The summed E-state index contributed by atoms with van der Waals surface area (Å²) in [6.07, 6.45) is 1.19. The maximum atomic E-state index is 3.47. The Balaban J connectivity index is 2.36. The van der Waals surface area contributed by atoms with E-state index in [0.717, 1.165) is 19.6 Å². The Hall–Kier alpha value is -0.860. The zero-order valence-corrected chi connectivity index (χ0v) is 9.79. The van der Waals surface area contributed by atoms with Crippen LogP contribution in [0.4, 0.5) is 0 Å². The van der Waals surface area contributed by atoms with Crippen molar-refractivity contribution in [2.24, 2.45) is 0 Å². The predicted octanol–water partition coefficient (Wildman–Crippen LogP) is 1.99. The molecule has 0 amide bonds. The average Bonchev–Trinajstić information content (AvgIpc) is 2.30. The molecule has 1 unspecified atom stereocenters. The summed E-state index contributed by atoms with van der Waals surface area (Å²) in [6, 6.07) is 10.7. The topological polar surface area (TPSA) is 24.1 Å². The lowest BCUT2D eigenvalue weighted by Gasteiger charge is -2.16. The zero-order chi connectivity index (χ0) is 10.9. The first-order valence-corrected chi connectivity index (χ1v) is 5.78. The fraction of sp³-hybridized carbons (Fsp3) is 0.538. The van der Waals surface area contributed by atoms with Gasteiger partial charge in [0.05, 0.1) is 0 Å². The number of rotatable bonds is 7. The van der Waals surface area contributed by atoms with Crippen molar-refractivity contribution in [3.63, 3.8) is 0 Å². The molecule has 2 heteroatoms. The first-order chi connectivity index (χ1) is 7.38. The second-order valence-corrected chi connectivity index (χ2v) is 3.82. The predicted molar refractivity (Wildman–Crippen MR) is 66.3 cm³/mol. The number of hydrogen-bond acceptors (Lipinski definition) is 2. The third-order valence-electron chi connectivity index (χ3n) is 2.71. The highest BCUT2D eigenvalue weighted by atomic mass is 14.9. The molecule has 0 aliphatic carbocycles. The molecule has 0 fully saturated rings. The summed E-state index contributed by atoms with van der Waals surface area (Å²) in [4.78, 5) is 0. The molecule has 84 valence electrons. The minimum atomic E-state index is 0.642. The van der Waals surface area contributed by atoms with E-state index in [2.05, 4.69) is 47.9 Å². The van der Waals surface area contributed by atoms with Crippen LogP contribution < -0.4 is 10.6 Å². The Morgan fingerprint density at radius 2 is 1.87 bits per heavy atom. The van der Waals surface area contributed by atoms with Crippen molar-refractivity contribution in [1.82, 2.24) is 10.6 Å². The third-order valence-corrected chi connectivity index (χ3v) is 2.71. The second kappa shape index (κ2) is 7.43. The van der Waals surface area contributed by atoms with Crippen LogP contribution in [-0.2, 0) is 0 Å². The minimum Gasteiger partial charge on any atom is -0.318 e. The summed E-state index contributed by atoms with van der Waals surface area (Å²) in [5.41, 5.74) is 1.44. The van der Waals surface area contributed by atoms with E-state index in [-0.39, 0.29) is 0 Å². The summed E-state index contributed by atoms with van der Waals surface area (Å²) in [6.45, 7) is 5.39. The second-order valence-electron chi connectivity index (χ2n) is 3.82.